The highest BCUT2D eigenvalue weighted by molar-refractivity contribution is 14.0. The normalized spacial score (nSPS) is 10.9. The van der Waals surface area contributed by atoms with Crippen molar-refractivity contribution in [3.05, 3.63) is 47.5 Å². The number of benzene rings is 2. The second-order valence-corrected chi connectivity index (χ2v) is 6.25. The van der Waals surface area contributed by atoms with Gasteiger partial charge in [0, 0.05) is 25.7 Å². The molecule has 178 valence electrons. The number of methoxy groups -OCH3 is 1. The van der Waals surface area contributed by atoms with Crippen LogP contribution < -0.4 is 29.6 Å². The first-order chi connectivity index (χ1) is 15.0. The summed E-state index contributed by atoms with van der Waals surface area (Å²) in [5.41, 5.74) is 1.49. The van der Waals surface area contributed by atoms with Crippen molar-refractivity contribution in [3.8, 4) is 23.0 Å². The van der Waals surface area contributed by atoms with Crippen molar-refractivity contribution >= 4 is 29.9 Å². The number of nitrogens with one attached hydrogen (secondary N) is 2. The van der Waals surface area contributed by atoms with Gasteiger partial charge in [0.05, 0.1) is 20.3 Å². The minimum Gasteiger partial charge on any atom is -0.493 e. The van der Waals surface area contributed by atoms with Crippen LogP contribution in [-0.2, 0) is 13.1 Å². The summed E-state index contributed by atoms with van der Waals surface area (Å²) in [6, 6.07) is 10.7. The van der Waals surface area contributed by atoms with Crippen LogP contribution in [0.4, 0.5) is 8.78 Å². The lowest BCUT2D eigenvalue weighted by Gasteiger charge is -2.17. The van der Waals surface area contributed by atoms with Crippen LogP contribution in [0.25, 0.3) is 0 Å². The van der Waals surface area contributed by atoms with E-state index in [4.69, 9.17) is 18.9 Å². The Kier molecular flexibility index (Phi) is 12.5. The maximum atomic E-state index is 12.9. The van der Waals surface area contributed by atoms with Gasteiger partial charge in [0.25, 0.3) is 0 Å². The zero-order valence-corrected chi connectivity index (χ0v) is 20.9. The van der Waals surface area contributed by atoms with E-state index in [2.05, 4.69) is 15.6 Å². The van der Waals surface area contributed by atoms with Gasteiger partial charge in [-0.2, -0.15) is 8.78 Å². The average Bonchev–Trinajstić information content (AvgIpc) is 2.76. The van der Waals surface area contributed by atoms with E-state index in [9.17, 15) is 8.78 Å². The Morgan fingerprint density at radius 1 is 0.969 bits per heavy atom. The fraction of sp³-hybridized carbons (Fsp3) is 0.409. The number of ether oxygens (including phenoxy) is 4. The molecule has 2 aromatic rings. The van der Waals surface area contributed by atoms with E-state index >= 15 is 0 Å². The summed E-state index contributed by atoms with van der Waals surface area (Å²) < 4.78 is 46.8. The van der Waals surface area contributed by atoms with Gasteiger partial charge in [0.15, 0.2) is 29.0 Å². The van der Waals surface area contributed by atoms with Crippen molar-refractivity contribution in [1.82, 2.24) is 10.6 Å². The molecule has 0 radical (unpaired) electrons. The summed E-state index contributed by atoms with van der Waals surface area (Å²) in [4.78, 5) is 4.18. The lowest BCUT2D eigenvalue weighted by Crippen LogP contribution is -2.36. The highest BCUT2D eigenvalue weighted by Crippen LogP contribution is 2.33. The molecule has 0 fully saturated rings. The number of guanidine groups is 1. The molecule has 0 saturated carbocycles. The number of hydrogen-bond acceptors (Lipinski definition) is 5. The Morgan fingerprint density at radius 3 is 2.28 bits per heavy atom. The van der Waals surface area contributed by atoms with Gasteiger partial charge < -0.3 is 29.6 Å². The molecular formula is C22H30F2IN3O4. The first-order valence-electron chi connectivity index (χ1n) is 9.96. The average molecular weight is 565 g/mol. The van der Waals surface area contributed by atoms with Gasteiger partial charge in [-0.3, -0.25) is 4.99 Å². The summed E-state index contributed by atoms with van der Waals surface area (Å²) in [5.74, 6) is 2.10. The summed E-state index contributed by atoms with van der Waals surface area (Å²) in [6.07, 6.45) is 0. The Balaban J connectivity index is 0.00000512. The lowest BCUT2D eigenvalue weighted by molar-refractivity contribution is -0.0520. The molecule has 0 aliphatic rings. The first-order valence-corrected chi connectivity index (χ1v) is 9.96. The Morgan fingerprint density at radius 2 is 1.66 bits per heavy atom. The van der Waals surface area contributed by atoms with Gasteiger partial charge in [0.2, 0.25) is 0 Å². The third-order valence-electron chi connectivity index (χ3n) is 4.22. The molecule has 10 heteroatoms. The number of hydrogen-bond donors (Lipinski definition) is 2. The van der Waals surface area contributed by atoms with Crippen LogP contribution in [0.1, 0.15) is 25.0 Å². The molecule has 0 amide bonds. The van der Waals surface area contributed by atoms with Gasteiger partial charge in [-0.05, 0) is 37.6 Å². The van der Waals surface area contributed by atoms with E-state index < -0.39 is 6.61 Å². The van der Waals surface area contributed by atoms with E-state index in [1.54, 1.807) is 39.3 Å². The van der Waals surface area contributed by atoms with Crippen molar-refractivity contribution in [2.75, 3.05) is 27.4 Å². The SMILES string of the molecule is CCOc1ccc(CNC(=NC)NCc2cccc(OCC)c2OC(F)F)cc1OC.I. The van der Waals surface area contributed by atoms with Crippen LogP contribution >= 0.6 is 24.0 Å². The molecule has 0 unspecified atom stereocenters. The van der Waals surface area contributed by atoms with Gasteiger partial charge in [-0.25, -0.2) is 0 Å². The number of alkyl halides is 2. The van der Waals surface area contributed by atoms with E-state index in [0.717, 1.165) is 5.56 Å². The van der Waals surface area contributed by atoms with Crippen molar-refractivity contribution in [3.63, 3.8) is 0 Å². The van der Waals surface area contributed by atoms with Crippen LogP contribution in [0.15, 0.2) is 41.4 Å². The molecular weight excluding hydrogens is 535 g/mol. The minimum atomic E-state index is -2.95. The highest BCUT2D eigenvalue weighted by Gasteiger charge is 2.16. The number of para-hydroxylation sites is 1. The van der Waals surface area contributed by atoms with Crippen LogP contribution in [0.5, 0.6) is 23.0 Å². The number of rotatable bonds is 11. The van der Waals surface area contributed by atoms with Crippen molar-refractivity contribution in [2.24, 2.45) is 4.99 Å². The third kappa shape index (κ3) is 8.21. The summed E-state index contributed by atoms with van der Waals surface area (Å²) in [6.45, 7) is 2.31. The predicted octanol–water partition coefficient (Wildman–Crippen LogP) is 4.58. The van der Waals surface area contributed by atoms with Crippen molar-refractivity contribution in [1.29, 1.82) is 0 Å². The largest absolute Gasteiger partial charge is 0.493 e. The zero-order chi connectivity index (χ0) is 22.6. The molecule has 0 aliphatic heterocycles. The topological polar surface area (TPSA) is 73.3 Å². The summed E-state index contributed by atoms with van der Waals surface area (Å²) >= 11 is 0. The van der Waals surface area contributed by atoms with Gasteiger partial charge in [-0.15, -0.1) is 24.0 Å². The molecule has 2 N–H and O–H groups in total. The van der Waals surface area contributed by atoms with Gasteiger partial charge in [-0.1, -0.05) is 18.2 Å². The summed E-state index contributed by atoms with van der Waals surface area (Å²) in [7, 11) is 3.21. The smallest absolute Gasteiger partial charge is 0.387 e. The van der Waals surface area contributed by atoms with E-state index in [1.165, 1.54) is 0 Å². The molecule has 32 heavy (non-hydrogen) atoms. The van der Waals surface area contributed by atoms with Crippen LogP contribution in [-0.4, -0.2) is 39.9 Å². The number of nitrogens with zero attached hydrogens (tertiary/aromatic N) is 1. The fourth-order valence-electron chi connectivity index (χ4n) is 2.87. The Labute approximate surface area is 204 Å². The summed E-state index contributed by atoms with van der Waals surface area (Å²) in [5, 5.41) is 6.28. The molecule has 0 aromatic heterocycles. The number of aliphatic imine (C=N–C) groups is 1. The maximum Gasteiger partial charge on any atom is 0.387 e. The van der Waals surface area contributed by atoms with Crippen LogP contribution in [0.3, 0.4) is 0 Å². The second kappa shape index (κ2) is 14.5. The molecule has 0 heterocycles. The molecule has 0 saturated heterocycles. The molecule has 7 nitrogen and oxygen atoms in total. The van der Waals surface area contributed by atoms with Gasteiger partial charge >= 0.3 is 6.61 Å². The lowest BCUT2D eigenvalue weighted by atomic mass is 10.2. The minimum absolute atomic E-state index is 0. The monoisotopic (exact) mass is 565 g/mol. The Hall–Kier alpha value is -2.50. The molecule has 0 spiro atoms. The maximum absolute atomic E-state index is 12.9. The van der Waals surface area contributed by atoms with Gasteiger partial charge in [0.1, 0.15) is 0 Å². The Bertz CT molecular complexity index is 869. The van der Waals surface area contributed by atoms with Crippen LogP contribution in [0, 0.1) is 0 Å². The second-order valence-electron chi connectivity index (χ2n) is 6.25. The van der Waals surface area contributed by atoms with Crippen molar-refractivity contribution < 1.29 is 27.7 Å². The quantitative estimate of drug-likeness (QED) is 0.236. The van der Waals surface area contributed by atoms with E-state index in [0.29, 0.717) is 42.8 Å². The standard InChI is InChI=1S/C22H29F2N3O4.HI/c1-5-29-17-11-10-15(12-19(17)28-4)13-26-22(25-3)27-14-16-8-7-9-18(30-6-2)20(16)31-21(23)24;/h7-12,21H,5-6,13-14H2,1-4H3,(H2,25,26,27);1H. The van der Waals surface area contributed by atoms with E-state index in [-0.39, 0.29) is 42.0 Å². The molecule has 0 bridgehead atoms. The fourth-order valence-corrected chi connectivity index (χ4v) is 2.87. The van der Waals surface area contributed by atoms with Crippen LogP contribution in [0.2, 0.25) is 0 Å². The molecule has 2 rings (SSSR count). The number of halogens is 3. The molecule has 0 atom stereocenters. The first kappa shape index (κ1) is 27.5. The molecule has 0 aliphatic carbocycles. The molecule has 2 aromatic carbocycles. The zero-order valence-electron chi connectivity index (χ0n) is 18.6. The highest BCUT2D eigenvalue weighted by atomic mass is 127. The predicted molar refractivity (Wildman–Crippen MR) is 131 cm³/mol. The van der Waals surface area contributed by atoms with Crippen molar-refractivity contribution in [2.45, 2.75) is 33.5 Å². The third-order valence-corrected chi connectivity index (χ3v) is 4.22. The van der Waals surface area contributed by atoms with E-state index in [1.807, 2.05) is 25.1 Å².